The van der Waals surface area contributed by atoms with E-state index in [4.69, 9.17) is 0 Å². The summed E-state index contributed by atoms with van der Waals surface area (Å²) in [6.07, 6.45) is 1.78. The fraction of sp³-hybridized carbons (Fsp3) is 0.0769. The molecule has 3 nitrogen and oxygen atoms in total. The summed E-state index contributed by atoms with van der Waals surface area (Å²) >= 11 is 1.59. The molecule has 1 aromatic carbocycles. The van der Waals surface area contributed by atoms with Gasteiger partial charge in [-0.05, 0) is 12.1 Å². The van der Waals surface area contributed by atoms with Crippen molar-refractivity contribution in [3.05, 3.63) is 53.2 Å². The van der Waals surface area contributed by atoms with E-state index >= 15 is 0 Å². The molecule has 0 aliphatic heterocycles. The van der Waals surface area contributed by atoms with Crippen molar-refractivity contribution in [2.75, 3.05) is 0 Å². The summed E-state index contributed by atoms with van der Waals surface area (Å²) in [6.45, 7) is 0. The summed E-state index contributed by atoms with van der Waals surface area (Å²) in [5.41, 5.74) is 1.24. The molecule has 17 heavy (non-hydrogen) atoms. The number of hydrogen-bond acceptors (Lipinski definition) is 3. The van der Waals surface area contributed by atoms with E-state index in [2.05, 4.69) is 5.10 Å². The molecule has 0 unspecified atom stereocenters. The van der Waals surface area contributed by atoms with Gasteiger partial charge in [0, 0.05) is 34.3 Å². The lowest BCUT2D eigenvalue weighted by Gasteiger charge is -1.95. The van der Waals surface area contributed by atoms with E-state index in [1.54, 1.807) is 28.3 Å². The zero-order valence-corrected chi connectivity index (χ0v) is 10.1. The van der Waals surface area contributed by atoms with E-state index in [0.717, 1.165) is 15.6 Å². The van der Waals surface area contributed by atoms with Crippen LogP contribution in [-0.4, -0.2) is 15.6 Å². The first kappa shape index (κ1) is 10.2. The minimum Gasteiger partial charge on any atom is -0.287 e. The number of nitrogens with zero attached hydrogens (tertiary/aromatic N) is 2. The number of aromatic nitrogens is 2. The van der Waals surface area contributed by atoms with Crippen LogP contribution >= 0.6 is 11.3 Å². The summed E-state index contributed by atoms with van der Waals surface area (Å²) in [5.74, 6) is -0.0111. The van der Waals surface area contributed by atoms with Gasteiger partial charge in [0.05, 0.1) is 0 Å². The minimum atomic E-state index is -0.0111. The lowest BCUT2D eigenvalue weighted by Crippen LogP contribution is -2.02. The Balaban J connectivity index is 2.13. The highest BCUT2D eigenvalue weighted by atomic mass is 32.1. The van der Waals surface area contributed by atoms with Gasteiger partial charge in [0.1, 0.15) is 5.69 Å². The van der Waals surface area contributed by atoms with E-state index in [1.807, 2.05) is 36.7 Å². The fourth-order valence-corrected chi connectivity index (χ4v) is 2.77. The number of hydrogen-bond donors (Lipinski definition) is 0. The molecule has 0 aliphatic rings. The largest absolute Gasteiger partial charge is 0.287 e. The first-order valence-electron chi connectivity index (χ1n) is 5.26. The number of benzene rings is 1. The highest BCUT2D eigenvalue weighted by molar-refractivity contribution is 7.17. The number of ketones is 1. The highest BCUT2D eigenvalue weighted by Crippen LogP contribution is 2.27. The van der Waals surface area contributed by atoms with E-state index in [1.165, 1.54) is 0 Å². The van der Waals surface area contributed by atoms with Crippen LogP contribution < -0.4 is 0 Å². The molecule has 0 spiro atoms. The lowest BCUT2D eigenvalue weighted by atomic mass is 10.1. The predicted molar refractivity (Wildman–Crippen MR) is 68.5 cm³/mol. The number of thiophene rings is 1. The third-order valence-electron chi connectivity index (χ3n) is 2.67. The summed E-state index contributed by atoms with van der Waals surface area (Å²) < 4.78 is 2.77. The molecule has 3 rings (SSSR count). The standard InChI is InChI=1S/C13H10N2OS/c1-15-7-6-11(14-15)13(16)10-8-17-12-5-3-2-4-9(10)12/h2-8H,1H3. The average Bonchev–Trinajstić information content (AvgIpc) is 2.94. The Hall–Kier alpha value is -1.94. The van der Waals surface area contributed by atoms with E-state index in [0.29, 0.717) is 5.69 Å². The smallest absolute Gasteiger partial charge is 0.214 e. The predicted octanol–water partition coefficient (Wildman–Crippen LogP) is 2.87. The van der Waals surface area contributed by atoms with Gasteiger partial charge in [-0.15, -0.1) is 11.3 Å². The van der Waals surface area contributed by atoms with Gasteiger partial charge in [-0.2, -0.15) is 5.10 Å². The number of rotatable bonds is 2. The zero-order valence-electron chi connectivity index (χ0n) is 9.25. The molecule has 3 aromatic rings. The fourth-order valence-electron chi connectivity index (χ4n) is 1.83. The molecule has 0 saturated carbocycles. The van der Waals surface area contributed by atoms with Crippen molar-refractivity contribution in [2.24, 2.45) is 7.05 Å². The van der Waals surface area contributed by atoms with Gasteiger partial charge in [-0.25, -0.2) is 0 Å². The van der Waals surface area contributed by atoms with Crippen molar-refractivity contribution in [1.29, 1.82) is 0 Å². The first-order chi connectivity index (χ1) is 8.25. The van der Waals surface area contributed by atoms with Crippen LogP contribution in [0.1, 0.15) is 16.1 Å². The van der Waals surface area contributed by atoms with Gasteiger partial charge in [0.15, 0.2) is 0 Å². The van der Waals surface area contributed by atoms with Crippen LogP contribution in [0, 0.1) is 0 Å². The van der Waals surface area contributed by atoms with Gasteiger partial charge in [-0.1, -0.05) is 18.2 Å². The SMILES string of the molecule is Cn1ccc(C(=O)c2csc3ccccc23)n1. The van der Waals surface area contributed by atoms with Gasteiger partial charge in [0.2, 0.25) is 5.78 Å². The van der Waals surface area contributed by atoms with E-state index < -0.39 is 0 Å². The second-order valence-electron chi connectivity index (χ2n) is 3.85. The normalized spacial score (nSPS) is 10.9. The van der Waals surface area contributed by atoms with Crippen LogP contribution in [0.2, 0.25) is 0 Å². The molecule has 0 fully saturated rings. The number of carbonyl (C=O) groups is 1. The molecule has 4 heteroatoms. The maximum Gasteiger partial charge on any atom is 0.214 e. The molecule has 84 valence electrons. The van der Waals surface area contributed by atoms with Crippen molar-refractivity contribution >= 4 is 27.2 Å². The Morgan fingerprint density at radius 3 is 2.88 bits per heavy atom. The third-order valence-corrected chi connectivity index (χ3v) is 3.64. The Labute approximate surface area is 102 Å². The maximum absolute atomic E-state index is 12.3. The second-order valence-corrected chi connectivity index (χ2v) is 4.76. The van der Waals surface area contributed by atoms with Crippen molar-refractivity contribution in [1.82, 2.24) is 9.78 Å². The zero-order chi connectivity index (χ0) is 11.8. The molecule has 2 heterocycles. The number of fused-ring (bicyclic) bond motifs is 1. The second kappa shape index (κ2) is 3.82. The Bertz CT molecular complexity index is 696. The molecule has 0 N–H and O–H groups in total. The van der Waals surface area contributed by atoms with Gasteiger partial charge in [0.25, 0.3) is 0 Å². The molecule has 0 atom stereocenters. The average molecular weight is 242 g/mol. The maximum atomic E-state index is 12.3. The van der Waals surface area contributed by atoms with Crippen molar-refractivity contribution in [3.63, 3.8) is 0 Å². The summed E-state index contributed by atoms with van der Waals surface area (Å²) in [4.78, 5) is 12.3. The van der Waals surface area contributed by atoms with E-state index in [9.17, 15) is 4.79 Å². The molecular weight excluding hydrogens is 232 g/mol. The van der Waals surface area contributed by atoms with Crippen LogP contribution in [-0.2, 0) is 7.05 Å². The molecule has 0 bridgehead atoms. The summed E-state index contributed by atoms with van der Waals surface area (Å²) in [5, 5.41) is 7.06. The Morgan fingerprint density at radius 1 is 1.29 bits per heavy atom. The van der Waals surface area contributed by atoms with Crippen LogP contribution in [0.15, 0.2) is 41.9 Å². The van der Waals surface area contributed by atoms with Crippen LogP contribution in [0.5, 0.6) is 0 Å². The van der Waals surface area contributed by atoms with Gasteiger partial charge in [-0.3, -0.25) is 9.48 Å². The molecule has 0 amide bonds. The minimum absolute atomic E-state index is 0.0111. The van der Waals surface area contributed by atoms with E-state index in [-0.39, 0.29) is 5.78 Å². The third kappa shape index (κ3) is 1.66. The van der Waals surface area contributed by atoms with Gasteiger partial charge >= 0.3 is 0 Å². The first-order valence-corrected chi connectivity index (χ1v) is 6.14. The van der Waals surface area contributed by atoms with Crippen molar-refractivity contribution in [3.8, 4) is 0 Å². The molecule has 2 aromatic heterocycles. The number of aryl methyl sites for hydroxylation is 1. The van der Waals surface area contributed by atoms with Crippen molar-refractivity contribution in [2.45, 2.75) is 0 Å². The molecular formula is C13H10N2OS. The monoisotopic (exact) mass is 242 g/mol. The highest BCUT2D eigenvalue weighted by Gasteiger charge is 2.15. The number of carbonyl (C=O) groups excluding carboxylic acids is 1. The summed E-state index contributed by atoms with van der Waals surface area (Å²) in [7, 11) is 1.81. The summed E-state index contributed by atoms with van der Waals surface area (Å²) in [6, 6.07) is 9.67. The Kier molecular flexibility index (Phi) is 2.30. The topological polar surface area (TPSA) is 34.9 Å². The van der Waals surface area contributed by atoms with Crippen molar-refractivity contribution < 1.29 is 4.79 Å². The molecule has 0 radical (unpaired) electrons. The lowest BCUT2D eigenvalue weighted by molar-refractivity contribution is 0.103. The van der Waals surface area contributed by atoms with Gasteiger partial charge < -0.3 is 0 Å². The van der Waals surface area contributed by atoms with Crippen LogP contribution in [0.4, 0.5) is 0 Å². The molecule has 0 saturated heterocycles. The quantitative estimate of drug-likeness (QED) is 0.648. The Morgan fingerprint density at radius 2 is 2.12 bits per heavy atom. The van der Waals surface area contributed by atoms with Crippen LogP contribution in [0.25, 0.3) is 10.1 Å². The van der Waals surface area contributed by atoms with Crippen LogP contribution in [0.3, 0.4) is 0 Å². The molecule has 0 aliphatic carbocycles.